The summed E-state index contributed by atoms with van der Waals surface area (Å²) in [5.74, 6) is -2.68. The molecule has 1 aliphatic rings. The van der Waals surface area contributed by atoms with Gasteiger partial charge in [-0.1, -0.05) is 0 Å². The highest BCUT2D eigenvalue weighted by Crippen LogP contribution is 2.00. The van der Waals surface area contributed by atoms with E-state index in [0.29, 0.717) is 0 Å². The lowest BCUT2D eigenvalue weighted by Gasteiger charge is -2.20. The van der Waals surface area contributed by atoms with E-state index in [9.17, 15) is 14.4 Å². The molecule has 1 heterocycles. The Morgan fingerprint density at radius 1 is 1.20 bits per heavy atom. The number of carbonyl (C=O) groups is 3. The van der Waals surface area contributed by atoms with Crippen molar-refractivity contribution in [2.75, 3.05) is 32.7 Å². The van der Waals surface area contributed by atoms with Crippen LogP contribution in [0.25, 0.3) is 0 Å². The lowest BCUT2D eigenvalue weighted by molar-refractivity contribution is -0.143. The monoisotopic (exact) mass is 287 g/mol. The Balaban J connectivity index is 2.40. The molecule has 1 rings (SSSR count). The highest BCUT2D eigenvalue weighted by molar-refractivity contribution is 5.85. The maximum absolute atomic E-state index is 11.8. The average Bonchev–Trinajstić information content (AvgIpc) is 2.62. The van der Waals surface area contributed by atoms with E-state index in [0.717, 1.165) is 32.6 Å². The van der Waals surface area contributed by atoms with Crippen LogP contribution in [0.3, 0.4) is 0 Å². The van der Waals surface area contributed by atoms with Gasteiger partial charge < -0.3 is 20.8 Å². The van der Waals surface area contributed by atoms with Gasteiger partial charge in [0.25, 0.3) is 0 Å². The minimum atomic E-state index is -1.21. The first-order valence-electron chi connectivity index (χ1n) is 6.66. The third kappa shape index (κ3) is 6.48. The SMILES string of the molecule is O=C(O)CCC(NC(=O)CN1CCCNCC1)C(=O)O. The number of carboxylic acid groups (broad SMARTS) is 2. The molecule has 114 valence electrons. The number of hydrogen-bond donors (Lipinski definition) is 4. The van der Waals surface area contributed by atoms with Gasteiger partial charge in [-0.05, 0) is 25.9 Å². The predicted molar refractivity (Wildman–Crippen MR) is 70.4 cm³/mol. The van der Waals surface area contributed by atoms with Gasteiger partial charge in [0.2, 0.25) is 5.91 Å². The molecule has 0 radical (unpaired) electrons. The zero-order valence-corrected chi connectivity index (χ0v) is 11.3. The van der Waals surface area contributed by atoms with Crippen molar-refractivity contribution in [2.45, 2.75) is 25.3 Å². The molecule has 0 bridgehead atoms. The van der Waals surface area contributed by atoms with Crippen molar-refractivity contribution in [3.05, 3.63) is 0 Å². The standard InChI is InChI=1S/C12H21N3O5/c16-10(8-15-6-1-4-13-5-7-15)14-9(12(19)20)2-3-11(17)18/h9,13H,1-8H2,(H,14,16)(H,17,18)(H,19,20). The van der Waals surface area contributed by atoms with E-state index >= 15 is 0 Å². The molecular weight excluding hydrogens is 266 g/mol. The third-order valence-corrected chi connectivity index (χ3v) is 3.08. The fourth-order valence-corrected chi connectivity index (χ4v) is 2.03. The average molecular weight is 287 g/mol. The zero-order chi connectivity index (χ0) is 15.0. The van der Waals surface area contributed by atoms with Gasteiger partial charge in [0, 0.05) is 19.5 Å². The zero-order valence-electron chi connectivity index (χ0n) is 11.3. The Morgan fingerprint density at radius 3 is 2.60 bits per heavy atom. The molecule has 0 aliphatic carbocycles. The minimum Gasteiger partial charge on any atom is -0.481 e. The number of carboxylic acids is 2. The molecule has 1 saturated heterocycles. The smallest absolute Gasteiger partial charge is 0.326 e. The van der Waals surface area contributed by atoms with Crippen LogP contribution in [0.1, 0.15) is 19.3 Å². The summed E-state index contributed by atoms with van der Waals surface area (Å²) in [6.45, 7) is 3.37. The fourth-order valence-electron chi connectivity index (χ4n) is 2.03. The van der Waals surface area contributed by atoms with Crippen molar-refractivity contribution < 1.29 is 24.6 Å². The molecule has 0 aromatic carbocycles. The number of carbonyl (C=O) groups excluding carboxylic acids is 1. The van der Waals surface area contributed by atoms with Crippen molar-refractivity contribution in [1.82, 2.24) is 15.5 Å². The molecule has 8 nitrogen and oxygen atoms in total. The van der Waals surface area contributed by atoms with Gasteiger partial charge >= 0.3 is 11.9 Å². The van der Waals surface area contributed by atoms with Crippen molar-refractivity contribution in [3.63, 3.8) is 0 Å². The van der Waals surface area contributed by atoms with Crippen LogP contribution in [0.15, 0.2) is 0 Å². The van der Waals surface area contributed by atoms with E-state index < -0.39 is 18.0 Å². The molecule has 1 aliphatic heterocycles. The quantitative estimate of drug-likeness (QED) is 0.460. The molecule has 1 fully saturated rings. The molecule has 0 aromatic heterocycles. The van der Waals surface area contributed by atoms with E-state index in [4.69, 9.17) is 10.2 Å². The second-order valence-electron chi connectivity index (χ2n) is 4.77. The van der Waals surface area contributed by atoms with Crippen LogP contribution in [0.5, 0.6) is 0 Å². The van der Waals surface area contributed by atoms with E-state index in [1.54, 1.807) is 0 Å². The molecule has 0 saturated carbocycles. The Bertz CT molecular complexity index is 353. The Hall–Kier alpha value is -1.67. The normalized spacial score (nSPS) is 18.0. The van der Waals surface area contributed by atoms with Crippen LogP contribution in [-0.4, -0.2) is 71.7 Å². The van der Waals surface area contributed by atoms with E-state index in [-0.39, 0.29) is 25.3 Å². The van der Waals surface area contributed by atoms with Gasteiger partial charge in [-0.2, -0.15) is 0 Å². The summed E-state index contributed by atoms with van der Waals surface area (Å²) in [6.07, 6.45) is 0.539. The van der Waals surface area contributed by atoms with Crippen molar-refractivity contribution in [3.8, 4) is 0 Å². The molecule has 1 atom stereocenters. The molecule has 8 heteroatoms. The first-order valence-corrected chi connectivity index (χ1v) is 6.66. The third-order valence-electron chi connectivity index (χ3n) is 3.08. The van der Waals surface area contributed by atoms with Gasteiger partial charge in [0.15, 0.2) is 0 Å². The molecule has 1 amide bonds. The number of nitrogens with one attached hydrogen (secondary N) is 2. The Labute approximate surface area is 117 Å². The van der Waals surface area contributed by atoms with Crippen LogP contribution in [0, 0.1) is 0 Å². The summed E-state index contributed by atoms with van der Waals surface area (Å²) >= 11 is 0. The van der Waals surface area contributed by atoms with Crippen molar-refractivity contribution in [1.29, 1.82) is 0 Å². The maximum atomic E-state index is 11.8. The summed E-state index contributed by atoms with van der Waals surface area (Å²) in [4.78, 5) is 35.2. The van der Waals surface area contributed by atoms with E-state index in [1.165, 1.54) is 0 Å². The Morgan fingerprint density at radius 2 is 1.95 bits per heavy atom. The first kappa shape index (κ1) is 16.4. The highest BCUT2D eigenvalue weighted by Gasteiger charge is 2.22. The second-order valence-corrected chi connectivity index (χ2v) is 4.77. The van der Waals surface area contributed by atoms with Gasteiger partial charge in [0.05, 0.1) is 6.54 Å². The van der Waals surface area contributed by atoms with Crippen LogP contribution < -0.4 is 10.6 Å². The van der Waals surface area contributed by atoms with Crippen molar-refractivity contribution >= 4 is 17.8 Å². The number of rotatable bonds is 7. The highest BCUT2D eigenvalue weighted by atomic mass is 16.4. The predicted octanol–water partition coefficient (Wildman–Crippen LogP) is -1.28. The Kier molecular flexibility index (Phi) is 6.96. The summed E-state index contributed by atoms with van der Waals surface area (Å²) in [5.41, 5.74) is 0. The van der Waals surface area contributed by atoms with Crippen LogP contribution >= 0.6 is 0 Å². The summed E-state index contributed by atoms with van der Waals surface area (Å²) in [7, 11) is 0. The largest absolute Gasteiger partial charge is 0.481 e. The van der Waals surface area contributed by atoms with Gasteiger partial charge in [-0.15, -0.1) is 0 Å². The van der Waals surface area contributed by atoms with Crippen molar-refractivity contribution in [2.24, 2.45) is 0 Å². The molecule has 4 N–H and O–H groups in total. The van der Waals surface area contributed by atoms with Crippen LogP contribution in [0.2, 0.25) is 0 Å². The number of nitrogens with zero attached hydrogens (tertiary/aromatic N) is 1. The lowest BCUT2D eigenvalue weighted by atomic mass is 10.1. The second kappa shape index (κ2) is 8.49. The number of aliphatic carboxylic acids is 2. The van der Waals surface area contributed by atoms with Gasteiger partial charge in [0.1, 0.15) is 6.04 Å². The lowest BCUT2D eigenvalue weighted by Crippen LogP contribution is -2.46. The molecule has 20 heavy (non-hydrogen) atoms. The van der Waals surface area contributed by atoms with Crippen LogP contribution in [0.4, 0.5) is 0 Å². The van der Waals surface area contributed by atoms with Gasteiger partial charge in [-0.3, -0.25) is 14.5 Å². The summed E-state index contributed by atoms with van der Waals surface area (Å²) in [5, 5.41) is 23.1. The van der Waals surface area contributed by atoms with Gasteiger partial charge in [-0.25, -0.2) is 4.79 Å². The number of amides is 1. The number of hydrogen-bond acceptors (Lipinski definition) is 5. The summed E-state index contributed by atoms with van der Waals surface area (Å²) < 4.78 is 0. The molecular formula is C12H21N3O5. The minimum absolute atomic E-state index is 0.113. The van der Waals surface area contributed by atoms with E-state index in [1.807, 2.05) is 4.90 Å². The van der Waals surface area contributed by atoms with Crippen LogP contribution in [-0.2, 0) is 14.4 Å². The fraction of sp³-hybridized carbons (Fsp3) is 0.750. The topological polar surface area (TPSA) is 119 Å². The molecule has 1 unspecified atom stereocenters. The maximum Gasteiger partial charge on any atom is 0.326 e. The molecule has 0 aromatic rings. The summed E-state index contributed by atoms with van der Waals surface area (Å²) in [6, 6.07) is -1.15. The van der Waals surface area contributed by atoms with E-state index in [2.05, 4.69) is 10.6 Å². The molecule has 0 spiro atoms. The first-order chi connectivity index (χ1) is 9.49.